The zero-order valence-electron chi connectivity index (χ0n) is 12.5. The fourth-order valence-electron chi connectivity index (χ4n) is 3.71. The van der Waals surface area contributed by atoms with Crippen molar-refractivity contribution >= 4 is 5.91 Å². The van der Waals surface area contributed by atoms with E-state index in [0.29, 0.717) is 12.1 Å². The Morgan fingerprint density at radius 2 is 1.65 bits per heavy atom. The summed E-state index contributed by atoms with van der Waals surface area (Å²) in [6, 6.07) is 10.1. The zero-order chi connectivity index (χ0) is 14.1. The van der Waals surface area contributed by atoms with E-state index in [0.717, 1.165) is 25.9 Å². The summed E-state index contributed by atoms with van der Waals surface area (Å²) in [6.07, 6.45) is 4.59. The molecule has 0 atom stereocenters. The van der Waals surface area contributed by atoms with Crippen molar-refractivity contribution in [2.75, 3.05) is 20.1 Å². The molecule has 0 bridgehead atoms. The Hall–Kier alpha value is -1.35. The molecule has 20 heavy (non-hydrogen) atoms. The average molecular weight is 272 g/mol. The molecule has 0 N–H and O–H groups in total. The van der Waals surface area contributed by atoms with E-state index in [4.69, 9.17) is 0 Å². The molecular formula is C17H24N2O. The third kappa shape index (κ3) is 2.59. The molecule has 3 nitrogen and oxygen atoms in total. The number of benzene rings is 1. The van der Waals surface area contributed by atoms with Crippen LogP contribution in [0.2, 0.25) is 0 Å². The Bertz CT molecular complexity index is 467. The van der Waals surface area contributed by atoms with Crippen LogP contribution in [0.5, 0.6) is 0 Å². The molecule has 0 aromatic heterocycles. The van der Waals surface area contributed by atoms with Gasteiger partial charge in [0, 0.05) is 32.1 Å². The number of carbonyl (C=O) groups is 1. The summed E-state index contributed by atoms with van der Waals surface area (Å²) >= 11 is 0. The summed E-state index contributed by atoms with van der Waals surface area (Å²) in [7, 11) is 2.27. The predicted octanol–water partition coefficient (Wildman–Crippen LogP) is 2.10. The van der Waals surface area contributed by atoms with Crippen LogP contribution in [0, 0.1) is 0 Å². The molecule has 108 valence electrons. The van der Waals surface area contributed by atoms with Gasteiger partial charge >= 0.3 is 0 Å². The van der Waals surface area contributed by atoms with Crippen molar-refractivity contribution in [1.82, 2.24) is 9.80 Å². The number of carbonyl (C=O) groups excluding carboxylic acids is 1. The van der Waals surface area contributed by atoms with Crippen molar-refractivity contribution in [2.45, 2.75) is 44.7 Å². The number of hydrogen-bond acceptors (Lipinski definition) is 2. The quantitative estimate of drug-likeness (QED) is 0.823. The molecule has 3 rings (SSSR count). The van der Waals surface area contributed by atoms with Crippen LogP contribution in [0.15, 0.2) is 24.3 Å². The first kappa shape index (κ1) is 13.6. The molecule has 0 spiro atoms. The van der Waals surface area contributed by atoms with E-state index < -0.39 is 0 Å². The molecule has 1 aliphatic heterocycles. The molecule has 1 aliphatic carbocycles. The van der Waals surface area contributed by atoms with Gasteiger partial charge in [0.1, 0.15) is 0 Å². The topological polar surface area (TPSA) is 23.6 Å². The number of nitrogens with zero attached hydrogens (tertiary/aromatic N) is 2. The molecule has 3 heteroatoms. The molecule has 1 saturated heterocycles. The van der Waals surface area contributed by atoms with Gasteiger partial charge < -0.3 is 4.90 Å². The van der Waals surface area contributed by atoms with E-state index in [1.807, 2.05) is 4.90 Å². The normalized spacial score (nSPS) is 20.4. The van der Waals surface area contributed by atoms with Gasteiger partial charge in [-0.05, 0) is 43.9 Å². The lowest BCUT2D eigenvalue weighted by Crippen LogP contribution is -2.48. The van der Waals surface area contributed by atoms with Crippen LogP contribution < -0.4 is 0 Å². The SMILES string of the molecule is CC(=O)N1CCC(N(C)C2Cc3ccccc3C2)CC1. The second kappa shape index (κ2) is 5.57. The summed E-state index contributed by atoms with van der Waals surface area (Å²) in [4.78, 5) is 15.9. The number of piperidine rings is 1. The summed E-state index contributed by atoms with van der Waals surface area (Å²) in [5.41, 5.74) is 3.04. The number of fused-ring (bicyclic) bond motifs is 1. The smallest absolute Gasteiger partial charge is 0.219 e. The Morgan fingerprint density at radius 3 is 2.15 bits per heavy atom. The van der Waals surface area contributed by atoms with E-state index in [9.17, 15) is 4.79 Å². The molecule has 1 amide bonds. The Balaban J connectivity index is 1.59. The van der Waals surface area contributed by atoms with Crippen LogP contribution in [0.3, 0.4) is 0 Å². The maximum absolute atomic E-state index is 11.4. The van der Waals surface area contributed by atoms with Gasteiger partial charge in [0.05, 0.1) is 0 Å². The van der Waals surface area contributed by atoms with Gasteiger partial charge in [-0.2, -0.15) is 0 Å². The van der Waals surface area contributed by atoms with Gasteiger partial charge in [0.25, 0.3) is 0 Å². The maximum atomic E-state index is 11.4. The van der Waals surface area contributed by atoms with Crippen LogP contribution in [-0.2, 0) is 17.6 Å². The molecule has 1 fully saturated rings. The first-order valence-electron chi connectivity index (χ1n) is 7.69. The Kier molecular flexibility index (Phi) is 3.79. The van der Waals surface area contributed by atoms with E-state index in [2.05, 4.69) is 36.2 Å². The first-order chi connectivity index (χ1) is 9.65. The predicted molar refractivity (Wildman–Crippen MR) is 80.7 cm³/mol. The number of likely N-dealkylation sites (tertiary alicyclic amines) is 1. The highest BCUT2D eigenvalue weighted by Gasteiger charge is 2.31. The van der Waals surface area contributed by atoms with E-state index >= 15 is 0 Å². The molecule has 1 aromatic rings. The molecule has 0 saturated carbocycles. The van der Waals surface area contributed by atoms with Crippen molar-refractivity contribution in [2.24, 2.45) is 0 Å². The lowest BCUT2D eigenvalue weighted by molar-refractivity contribution is -0.130. The summed E-state index contributed by atoms with van der Waals surface area (Å²) in [6.45, 7) is 3.52. The monoisotopic (exact) mass is 272 g/mol. The number of likely N-dealkylation sites (N-methyl/N-ethyl adjacent to an activating group) is 1. The summed E-state index contributed by atoms with van der Waals surface area (Å²) in [5, 5.41) is 0. The standard InChI is InChI=1S/C17H24N2O/c1-13(20)19-9-7-16(8-10-19)18(2)17-11-14-5-3-4-6-15(14)12-17/h3-6,16-17H,7-12H2,1-2H3. The minimum absolute atomic E-state index is 0.222. The van der Waals surface area contributed by atoms with Gasteiger partial charge in [0.2, 0.25) is 5.91 Å². The fourth-order valence-corrected chi connectivity index (χ4v) is 3.71. The van der Waals surface area contributed by atoms with Crippen LogP contribution in [0.25, 0.3) is 0 Å². The van der Waals surface area contributed by atoms with Gasteiger partial charge in [-0.25, -0.2) is 0 Å². The van der Waals surface area contributed by atoms with E-state index in [1.165, 1.54) is 24.0 Å². The largest absolute Gasteiger partial charge is 0.343 e. The lowest BCUT2D eigenvalue weighted by Gasteiger charge is -2.39. The Labute approximate surface area is 121 Å². The van der Waals surface area contributed by atoms with Crippen molar-refractivity contribution in [3.8, 4) is 0 Å². The number of rotatable bonds is 2. The molecule has 1 aromatic carbocycles. The third-order valence-corrected chi connectivity index (χ3v) is 5.09. The highest BCUT2D eigenvalue weighted by Crippen LogP contribution is 2.28. The van der Waals surface area contributed by atoms with Gasteiger partial charge in [-0.3, -0.25) is 9.69 Å². The lowest BCUT2D eigenvalue weighted by atomic mass is 10.0. The third-order valence-electron chi connectivity index (χ3n) is 5.09. The van der Waals surface area contributed by atoms with Crippen LogP contribution in [0.4, 0.5) is 0 Å². The Morgan fingerprint density at radius 1 is 1.10 bits per heavy atom. The van der Waals surface area contributed by atoms with E-state index in [-0.39, 0.29) is 5.91 Å². The van der Waals surface area contributed by atoms with Gasteiger partial charge in [0.15, 0.2) is 0 Å². The fraction of sp³-hybridized carbons (Fsp3) is 0.588. The number of hydrogen-bond donors (Lipinski definition) is 0. The number of amides is 1. The second-order valence-corrected chi connectivity index (χ2v) is 6.23. The molecule has 0 unspecified atom stereocenters. The van der Waals surface area contributed by atoms with Crippen molar-refractivity contribution < 1.29 is 4.79 Å². The molecular weight excluding hydrogens is 248 g/mol. The van der Waals surface area contributed by atoms with Gasteiger partial charge in [-0.1, -0.05) is 24.3 Å². The zero-order valence-corrected chi connectivity index (χ0v) is 12.5. The summed E-state index contributed by atoms with van der Waals surface area (Å²) < 4.78 is 0. The van der Waals surface area contributed by atoms with E-state index in [1.54, 1.807) is 6.92 Å². The summed E-state index contributed by atoms with van der Waals surface area (Å²) in [5.74, 6) is 0.222. The van der Waals surface area contributed by atoms with Crippen molar-refractivity contribution in [3.63, 3.8) is 0 Å². The van der Waals surface area contributed by atoms with Crippen molar-refractivity contribution in [1.29, 1.82) is 0 Å². The van der Waals surface area contributed by atoms with Crippen LogP contribution >= 0.6 is 0 Å². The van der Waals surface area contributed by atoms with Crippen LogP contribution in [-0.4, -0.2) is 47.9 Å². The minimum atomic E-state index is 0.222. The molecule has 1 heterocycles. The van der Waals surface area contributed by atoms with Crippen LogP contribution in [0.1, 0.15) is 30.9 Å². The highest BCUT2D eigenvalue weighted by atomic mass is 16.2. The maximum Gasteiger partial charge on any atom is 0.219 e. The average Bonchev–Trinajstić information content (AvgIpc) is 2.90. The second-order valence-electron chi connectivity index (χ2n) is 6.23. The van der Waals surface area contributed by atoms with Crippen molar-refractivity contribution in [3.05, 3.63) is 35.4 Å². The molecule has 2 aliphatic rings. The molecule has 0 radical (unpaired) electrons. The minimum Gasteiger partial charge on any atom is -0.343 e. The van der Waals surface area contributed by atoms with Gasteiger partial charge in [-0.15, -0.1) is 0 Å². The highest BCUT2D eigenvalue weighted by molar-refractivity contribution is 5.73. The first-order valence-corrected chi connectivity index (χ1v) is 7.69.